The minimum Gasteiger partial charge on any atom is -0.473 e. The van der Waals surface area contributed by atoms with Crippen molar-refractivity contribution in [3.8, 4) is 17.1 Å². The molecule has 0 aliphatic carbocycles. The highest BCUT2D eigenvalue weighted by atomic mass is 35.5. The van der Waals surface area contributed by atoms with Crippen molar-refractivity contribution in [2.75, 3.05) is 20.3 Å². The number of fused-ring (bicyclic) bond motifs is 1. The summed E-state index contributed by atoms with van der Waals surface area (Å²) in [6.07, 6.45) is 1.62. The van der Waals surface area contributed by atoms with Crippen LogP contribution < -0.4 is 4.74 Å². The van der Waals surface area contributed by atoms with Crippen molar-refractivity contribution in [2.24, 2.45) is 5.92 Å². The van der Waals surface area contributed by atoms with Gasteiger partial charge in [0.2, 0.25) is 5.88 Å². The molecule has 0 amide bonds. The average Bonchev–Trinajstić information content (AvgIpc) is 3.64. The topological polar surface area (TPSA) is 75.5 Å². The SMILES string of the molecule is COC(=O)c1ccc2nc(Cc3ccc(-c4cccc(OCc5ccc(Cl)cc5F)n4)cc3)n(CC3CCOC3)c2c1. The monoisotopic (exact) mass is 585 g/mol. The van der Waals surface area contributed by atoms with E-state index in [2.05, 4.69) is 21.7 Å². The van der Waals surface area contributed by atoms with Crippen molar-refractivity contribution >= 4 is 28.6 Å². The Morgan fingerprint density at radius 2 is 1.93 bits per heavy atom. The van der Waals surface area contributed by atoms with Crippen LogP contribution in [0.1, 0.15) is 33.7 Å². The molecule has 42 heavy (non-hydrogen) atoms. The smallest absolute Gasteiger partial charge is 0.337 e. The summed E-state index contributed by atoms with van der Waals surface area (Å²) in [7, 11) is 1.39. The lowest BCUT2D eigenvalue weighted by Crippen LogP contribution is -2.14. The molecule has 0 saturated carbocycles. The molecule has 1 aliphatic rings. The summed E-state index contributed by atoms with van der Waals surface area (Å²) in [6, 6.07) is 23.7. The van der Waals surface area contributed by atoms with Gasteiger partial charge in [-0.05, 0) is 48.4 Å². The highest BCUT2D eigenvalue weighted by Gasteiger charge is 2.21. The molecule has 0 spiro atoms. The number of hydrogen-bond acceptors (Lipinski definition) is 6. The maximum Gasteiger partial charge on any atom is 0.337 e. The van der Waals surface area contributed by atoms with Gasteiger partial charge < -0.3 is 18.8 Å². The Hall–Kier alpha value is -4.27. The Labute approximate surface area is 247 Å². The molecule has 3 aromatic carbocycles. The number of benzene rings is 3. The molecule has 1 aliphatic heterocycles. The Morgan fingerprint density at radius 3 is 2.69 bits per heavy atom. The third-order valence-corrected chi connectivity index (χ3v) is 7.67. The van der Waals surface area contributed by atoms with Gasteiger partial charge in [-0.1, -0.05) is 48.0 Å². The normalized spacial score (nSPS) is 14.8. The van der Waals surface area contributed by atoms with Gasteiger partial charge >= 0.3 is 5.97 Å². The lowest BCUT2D eigenvalue weighted by molar-refractivity contribution is 0.0601. The zero-order chi connectivity index (χ0) is 29.1. The summed E-state index contributed by atoms with van der Waals surface area (Å²) >= 11 is 5.84. The summed E-state index contributed by atoms with van der Waals surface area (Å²) in [5.74, 6) is 0.938. The number of esters is 1. The Bertz CT molecular complexity index is 1730. The van der Waals surface area contributed by atoms with Gasteiger partial charge in [0, 0.05) is 47.7 Å². The maximum absolute atomic E-state index is 14.1. The Balaban J connectivity index is 1.21. The second kappa shape index (κ2) is 12.3. The summed E-state index contributed by atoms with van der Waals surface area (Å²) in [5.41, 5.74) is 5.44. The van der Waals surface area contributed by atoms with E-state index in [-0.39, 0.29) is 12.6 Å². The number of rotatable bonds is 9. The molecule has 6 rings (SSSR count). The summed E-state index contributed by atoms with van der Waals surface area (Å²) in [4.78, 5) is 21.7. The Morgan fingerprint density at radius 1 is 1.07 bits per heavy atom. The van der Waals surface area contributed by atoms with Crippen LogP contribution in [0.5, 0.6) is 5.88 Å². The second-order valence-electron chi connectivity index (χ2n) is 10.3. The average molecular weight is 586 g/mol. The molecule has 214 valence electrons. The summed E-state index contributed by atoms with van der Waals surface area (Å²) < 4.78 is 32.7. The number of carbonyl (C=O) groups is 1. The number of methoxy groups -OCH3 is 1. The molecular weight excluding hydrogens is 557 g/mol. The van der Waals surface area contributed by atoms with Crippen LogP contribution in [-0.2, 0) is 29.0 Å². The van der Waals surface area contributed by atoms with Crippen molar-refractivity contribution in [1.29, 1.82) is 0 Å². The molecule has 0 radical (unpaired) electrons. The van der Waals surface area contributed by atoms with Crippen LogP contribution in [0.3, 0.4) is 0 Å². The first-order chi connectivity index (χ1) is 20.5. The van der Waals surface area contributed by atoms with Crippen LogP contribution in [-0.4, -0.2) is 40.8 Å². The molecule has 0 bridgehead atoms. The molecule has 1 atom stereocenters. The number of nitrogens with zero attached hydrogens (tertiary/aromatic N) is 3. The van der Waals surface area contributed by atoms with Crippen molar-refractivity contribution < 1.29 is 23.4 Å². The number of hydrogen-bond donors (Lipinski definition) is 0. The fourth-order valence-corrected chi connectivity index (χ4v) is 5.32. The quantitative estimate of drug-likeness (QED) is 0.175. The van der Waals surface area contributed by atoms with Crippen LogP contribution in [0.4, 0.5) is 4.39 Å². The third kappa shape index (κ3) is 6.15. The largest absolute Gasteiger partial charge is 0.473 e. The van der Waals surface area contributed by atoms with E-state index in [9.17, 15) is 9.18 Å². The minimum atomic E-state index is -0.414. The van der Waals surface area contributed by atoms with E-state index in [1.165, 1.54) is 13.2 Å². The highest BCUT2D eigenvalue weighted by Crippen LogP contribution is 2.26. The lowest BCUT2D eigenvalue weighted by Gasteiger charge is -2.14. The van der Waals surface area contributed by atoms with Crippen molar-refractivity contribution in [2.45, 2.75) is 26.0 Å². The molecule has 5 aromatic rings. The Kier molecular flexibility index (Phi) is 8.17. The zero-order valence-corrected chi connectivity index (χ0v) is 23.8. The van der Waals surface area contributed by atoms with E-state index in [4.69, 9.17) is 30.8 Å². The molecule has 1 saturated heterocycles. The first-order valence-corrected chi connectivity index (χ1v) is 14.1. The molecule has 7 nitrogen and oxygen atoms in total. The number of imidazole rings is 1. The third-order valence-electron chi connectivity index (χ3n) is 7.44. The van der Waals surface area contributed by atoms with Gasteiger partial charge in [-0.15, -0.1) is 0 Å². The number of pyridine rings is 1. The number of ether oxygens (including phenoxy) is 3. The van der Waals surface area contributed by atoms with E-state index in [1.807, 2.05) is 36.4 Å². The first-order valence-electron chi connectivity index (χ1n) is 13.7. The zero-order valence-electron chi connectivity index (χ0n) is 23.1. The predicted octanol–water partition coefficient (Wildman–Crippen LogP) is 6.88. The molecule has 2 aromatic heterocycles. The summed E-state index contributed by atoms with van der Waals surface area (Å²) in [6.45, 7) is 2.30. The molecule has 3 heterocycles. The van der Waals surface area contributed by atoms with Gasteiger partial charge in [-0.2, -0.15) is 0 Å². The van der Waals surface area contributed by atoms with Crippen LogP contribution in [0.2, 0.25) is 5.02 Å². The van der Waals surface area contributed by atoms with E-state index in [0.29, 0.717) is 34.4 Å². The van der Waals surface area contributed by atoms with Crippen LogP contribution in [0, 0.1) is 11.7 Å². The molecular formula is C33H29ClFN3O4. The molecule has 1 fully saturated rings. The summed E-state index contributed by atoms with van der Waals surface area (Å²) in [5, 5.41) is 0.341. The number of halogens is 2. The molecule has 1 unspecified atom stereocenters. The molecule has 9 heteroatoms. The maximum atomic E-state index is 14.1. The minimum absolute atomic E-state index is 0.0491. The number of aromatic nitrogens is 3. The van der Waals surface area contributed by atoms with Gasteiger partial charge in [0.15, 0.2) is 0 Å². The molecule has 0 N–H and O–H groups in total. The van der Waals surface area contributed by atoms with Crippen molar-refractivity contribution in [3.63, 3.8) is 0 Å². The van der Waals surface area contributed by atoms with Gasteiger partial charge in [-0.3, -0.25) is 0 Å². The van der Waals surface area contributed by atoms with E-state index >= 15 is 0 Å². The fraction of sp³-hybridized carbons (Fsp3) is 0.242. The van der Waals surface area contributed by atoms with Gasteiger partial charge in [0.05, 0.1) is 36.0 Å². The second-order valence-corrected chi connectivity index (χ2v) is 10.8. The highest BCUT2D eigenvalue weighted by molar-refractivity contribution is 6.30. The lowest BCUT2D eigenvalue weighted by atomic mass is 10.1. The van der Waals surface area contributed by atoms with Crippen LogP contribution >= 0.6 is 11.6 Å². The van der Waals surface area contributed by atoms with E-state index < -0.39 is 5.82 Å². The van der Waals surface area contributed by atoms with Crippen molar-refractivity contribution in [3.05, 3.63) is 112 Å². The van der Waals surface area contributed by atoms with Crippen LogP contribution in [0.25, 0.3) is 22.3 Å². The van der Waals surface area contributed by atoms with Crippen LogP contribution in [0.15, 0.2) is 78.9 Å². The van der Waals surface area contributed by atoms with E-state index in [1.54, 1.807) is 24.3 Å². The fourth-order valence-electron chi connectivity index (χ4n) is 5.16. The first kappa shape index (κ1) is 27.9. The van der Waals surface area contributed by atoms with Gasteiger partial charge in [0.25, 0.3) is 0 Å². The number of carbonyl (C=O) groups excluding carboxylic acids is 1. The standard InChI is InChI=1S/C33H29ClFN3O4/c1-40-33(39)24-10-12-29-30(16-24)38(18-22-13-14-41-19-22)31(36-29)15-21-5-7-23(8-6-21)28-3-2-4-32(37-28)42-20-25-9-11-26(34)17-27(25)35/h2-12,16-17,22H,13-15,18-20H2,1H3. The van der Waals surface area contributed by atoms with Gasteiger partial charge in [-0.25, -0.2) is 19.2 Å². The van der Waals surface area contributed by atoms with Crippen molar-refractivity contribution in [1.82, 2.24) is 14.5 Å². The predicted molar refractivity (Wildman–Crippen MR) is 158 cm³/mol. The van der Waals surface area contributed by atoms with Gasteiger partial charge in [0.1, 0.15) is 18.2 Å². The van der Waals surface area contributed by atoms with E-state index in [0.717, 1.165) is 59.9 Å².